The van der Waals surface area contributed by atoms with Gasteiger partial charge >= 0.3 is 0 Å². The van der Waals surface area contributed by atoms with Crippen molar-refractivity contribution in [1.29, 1.82) is 0 Å². The van der Waals surface area contributed by atoms with Gasteiger partial charge in [-0.25, -0.2) is 8.78 Å². The van der Waals surface area contributed by atoms with Gasteiger partial charge in [-0.3, -0.25) is 0 Å². The van der Waals surface area contributed by atoms with Crippen molar-refractivity contribution in [2.75, 3.05) is 0 Å². The zero-order chi connectivity index (χ0) is 15.1. The Hall–Kier alpha value is -1.53. The Kier molecular flexibility index (Phi) is 3.80. The molecule has 0 bridgehead atoms. The maximum atomic E-state index is 14.0. The highest BCUT2D eigenvalue weighted by Gasteiger charge is 2.25. The fraction of sp³-hybridized carbons (Fsp3) is 0.385. The Morgan fingerprint density at radius 3 is 2.40 bits per heavy atom. The molecule has 1 aromatic heterocycles. The third-order valence-electron chi connectivity index (χ3n) is 2.79. The summed E-state index contributed by atoms with van der Waals surface area (Å²) in [4.78, 5) is 0. The maximum absolute atomic E-state index is 14.0. The number of halogens is 3. The van der Waals surface area contributed by atoms with Gasteiger partial charge in [-0.1, -0.05) is 11.6 Å². The summed E-state index contributed by atoms with van der Waals surface area (Å²) in [7, 11) is 0. The van der Waals surface area contributed by atoms with Crippen LogP contribution in [-0.4, -0.2) is 19.9 Å². The predicted octanol–water partition coefficient (Wildman–Crippen LogP) is 3.12. The van der Waals surface area contributed by atoms with Crippen molar-refractivity contribution in [3.63, 3.8) is 0 Å². The molecular formula is C13H14ClF2N3O. The number of rotatable bonds is 2. The average molecular weight is 302 g/mol. The topological polar surface area (TPSA) is 50.9 Å². The third-order valence-corrected chi connectivity index (χ3v) is 3.08. The van der Waals surface area contributed by atoms with E-state index in [1.807, 2.05) is 20.8 Å². The molecule has 0 saturated heterocycles. The largest absolute Gasteiger partial charge is 0.388 e. The van der Waals surface area contributed by atoms with Gasteiger partial charge < -0.3 is 9.67 Å². The zero-order valence-corrected chi connectivity index (χ0v) is 12.0. The van der Waals surface area contributed by atoms with Crippen LogP contribution >= 0.6 is 11.6 Å². The van der Waals surface area contributed by atoms with Crippen molar-refractivity contribution in [2.45, 2.75) is 32.9 Å². The molecule has 0 aliphatic heterocycles. The van der Waals surface area contributed by atoms with Gasteiger partial charge in [-0.15, -0.1) is 10.2 Å². The minimum atomic E-state index is -0.739. The summed E-state index contributed by atoms with van der Waals surface area (Å²) in [5.74, 6) is -1.01. The average Bonchev–Trinajstić information content (AvgIpc) is 2.77. The number of benzene rings is 1. The lowest BCUT2D eigenvalue weighted by molar-refractivity contribution is 0.250. The quantitative estimate of drug-likeness (QED) is 0.867. The molecule has 20 heavy (non-hydrogen) atoms. The van der Waals surface area contributed by atoms with Gasteiger partial charge in [-0.05, 0) is 32.9 Å². The van der Waals surface area contributed by atoms with E-state index in [4.69, 9.17) is 11.6 Å². The van der Waals surface area contributed by atoms with Crippen molar-refractivity contribution < 1.29 is 13.9 Å². The lowest BCUT2D eigenvalue weighted by atomic mass is 10.1. The smallest absolute Gasteiger partial charge is 0.167 e. The second-order valence-corrected chi connectivity index (χ2v) is 5.76. The van der Waals surface area contributed by atoms with E-state index in [1.54, 1.807) is 4.57 Å². The SMILES string of the molecule is CC(C)(C)n1c(CO)nnc1-c1cc(F)c(Cl)cc1F. The number of hydrogen-bond donors (Lipinski definition) is 1. The molecule has 0 atom stereocenters. The van der Waals surface area contributed by atoms with Gasteiger partial charge in [0, 0.05) is 5.54 Å². The highest BCUT2D eigenvalue weighted by atomic mass is 35.5. The molecule has 0 aliphatic carbocycles. The number of aliphatic hydroxyl groups is 1. The molecule has 0 unspecified atom stereocenters. The van der Waals surface area contributed by atoms with Gasteiger partial charge in [0.15, 0.2) is 11.6 Å². The second-order valence-electron chi connectivity index (χ2n) is 5.35. The lowest BCUT2D eigenvalue weighted by Gasteiger charge is -2.24. The number of aliphatic hydroxyl groups excluding tert-OH is 1. The van der Waals surface area contributed by atoms with Crippen LogP contribution < -0.4 is 0 Å². The van der Waals surface area contributed by atoms with Crippen LogP contribution in [0.4, 0.5) is 8.78 Å². The van der Waals surface area contributed by atoms with Gasteiger partial charge in [0.2, 0.25) is 0 Å². The molecule has 1 aromatic carbocycles. The van der Waals surface area contributed by atoms with Gasteiger partial charge in [-0.2, -0.15) is 0 Å². The van der Waals surface area contributed by atoms with Crippen LogP contribution in [0.15, 0.2) is 12.1 Å². The molecule has 0 radical (unpaired) electrons. The van der Waals surface area contributed by atoms with E-state index in [0.717, 1.165) is 12.1 Å². The van der Waals surface area contributed by atoms with Crippen molar-refractivity contribution >= 4 is 11.6 Å². The van der Waals surface area contributed by atoms with Crippen LogP contribution in [0.1, 0.15) is 26.6 Å². The van der Waals surface area contributed by atoms with E-state index in [0.29, 0.717) is 0 Å². The summed E-state index contributed by atoms with van der Waals surface area (Å²) < 4.78 is 29.1. The monoisotopic (exact) mass is 301 g/mol. The predicted molar refractivity (Wildman–Crippen MR) is 71.3 cm³/mol. The third kappa shape index (κ3) is 2.53. The molecule has 2 rings (SSSR count). The van der Waals surface area contributed by atoms with E-state index >= 15 is 0 Å². The van der Waals surface area contributed by atoms with Gasteiger partial charge in [0.05, 0.1) is 10.6 Å². The Morgan fingerprint density at radius 1 is 1.20 bits per heavy atom. The molecule has 0 saturated carbocycles. The van der Waals surface area contributed by atoms with Crippen LogP contribution in [0.5, 0.6) is 0 Å². The Morgan fingerprint density at radius 2 is 1.85 bits per heavy atom. The molecular weight excluding hydrogens is 288 g/mol. The van der Waals surface area contributed by atoms with E-state index in [2.05, 4.69) is 10.2 Å². The van der Waals surface area contributed by atoms with Crippen LogP contribution in [0, 0.1) is 11.6 Å². The molecule has 1 heterocycles. The zero-order valence-electron chi connectivity index (χ0n) is 11.3. The standard InChI is InChI=1S/C13H14ClF2N3O/c1-13(2,3)19-11(6-20)17-18-12(19)7-4-10(16)8(14)5-9(7)15/h4-5,20H,6H2,1-3H3. The highest BCUT2D eigenvalue weighted by Crippen LogP contribution is 2.30. The van der Waals surface area contributed by atoms with E-state index in [1.165, 1.54) is 0 Å². The number of nitrogens with zero attached hydrogens (tertiary/aromatic N) is 3. The van der Waals surface area contributed by atoms with Crippen molar-refractivity contribution in [3.05, 3.63) is 34.6 Å². The van der Waals surface area contributed by atoms with Gasteiger partial charge in [0.1, 0.15) is 18.2 Å². The van der Waals surface area contributed by atoms with Gasteiger partial charge in [0.25, 0.3) is 0 Å². The van der Waals surface area contributed by atoms with Crippen LogP contribution in [0.25, 0.3) is 11.4 Å². The fourth-order valence-electron chi connectivity index (χ4n) is 1.99. The first-order chi connectivity index (χ1) is 9.25. The summed E-state index contributed by atoms with van der Waals surface area (Å²) in [6, 6.07) is 1.87. The lowest BCUT2D eigenvalue weighted by Crippen LogP contribution is -2.25. The summed E-state index contributed by atoms with van der Waals surface area (Å²) in [5, 5.41) is 16.7. The van der Waals surface area contributed by atoms with Crippen LogP contribution in [0.3, 0.4) is 0 Å². The molecule has 0 fully saturated rings. The Bertz CT molecular complexity index is 650. The Labute approximate surface area is 120 Å². The summed E-state index contributed by atoms with van der Waals surface area (Å²) in [6.07, 6.45) is 0. The maximum Gasteiger partial charge on any atom is 0.167 e. The molecule has 4 nitrogen and oxygen atoms in total. The molecule has 1 N–H and O–H groups in total. The van der Waals surface area contributed by atoms with E-state index in [9.17, 15) is 13.9 Å². The summed E-state index contributed by atoms with van der Waals surface area (Å²) in [6.45, 7) is 5.21. The highest BCUT2D eigenvalue weighted by molar-refractivity contribution is 6.30. The van der Waals surface area contributed by atoms with Crippen LogP contribution in [0.2, 0.25) is 5.02 Å². The first-order valence-corrected chi connectivity index (χ1v) is 6.34. The van der Waals surface area contributed by atoms with E-state index < -0.39 is 17.2 Å². The van der Waals surface area contributed by atoms with Crippen molar-refractivity contribution in [3.8, 4) is 11.4 Å². The first kappa shape index (κ1) is 14.9. The minimum Gasteiger partial charge on any atom is -0.388 e. The number of hydrogen-bond acceptors (Lipinski definition) is 3. The van der Waals surface area contributed by atoms with Crippen molar-refractivity contribution in [1.82, 2.24) is 14.8 Å². The van der Waals surface area contributed by atoms with Crippen molar-refractivity contribution in [2.24, 2.45) is 0 Å². The minimum absolute atomic E-state index is 0.0472. The summed E-state index contributed by atoms with van der Waals surface area (Å²) in [5.41, 5.74) is -0.548. The molecule has 0 aliphatic rings. The fourth-order valence-corrected chi connectivity index (χ4v) is 2.14. The summed E-state index contributed by atoms with van der Waals surface area (Å²) >= 11 is 5.54. The second kappa shape index (κ2) is 5.10. The van der Waals surface area contributed by atoms with E-state index in [-0.39, 0.29) is 28.8 Å². The number of aromatic nitrogens is 3. The molecule has 108 valence electrons. The Balaban J connectivity index is 2.71. The molecule has 7 heteroatoms. The first-order valence-electron chi connectivity index (χ1n) is 5.96. The molecule has 0 spiro atoms. The molecule has 0 amide bonds. The normalized spacial score (nSPS) is 11.9. The van der Waals surface area contributed by atoms with Crippen LogP contribution in [-0.2, 0) is 12.1 Å². The molecule has 2 aromatic rings.